The van der Waals surface area contributed by atoms with Crippen LogP contribution in [0.2, 0.25) is 0 Å². The molecule has 0 saturated carbocycles. The molecular formula is C27H34N3O3S+. The first kappa shape index (κ1) is 24.4. The first-order chi connectivity index (χ1) is 16.2. The van der Waals surface area contributed by atoms with Gasteiger partial charge in [0, 0.05) is 26.2 Å². The van der Waals surface area contributed by atoms with Crippen molar-refractivity contribution in [3.63, 3.8) is 0 Å². The highest BCUT2D eigenvalue weighted by molar-refractivity contribution is 7.89. The van der Waals surface area contributed by atoms with Crippen LogP contribution in [0.4, 0.5) is 0 Å². The molecule has 1 fully saturated rings. The molecule has 0 radical (unpaired) electrons. The Labute approximate surface area is 203 Å². The molecule has 0 aliphatic carbocycles. The topological polar surface area (TPSA) is 58.6 Å². The number of likely N-dealkylation sites (N-methyl/N-ethyl adjacent to an activating group) is 1. The van der Waals surface area contributed by atoms with Crippen LogP contribution in [0.25, 0.3) is 11.1 Å². The highest BCUT2D eigenvalue weighted by Gasteiger charge is 2.24. The number of rotatable bonds is 8. The zero-order valence-electron chi connectivity index (χ0n) is 20.2. The predicted octanol–water partition coefficient (Wildman–Crippen LogP) is 3.73. The Morgan fingerprint density at radius 3 is 2.09 bits per heavy atom. The van der Waals surface area contributed by atoms with Gasteiger partial charge >= 0.3 is 0 Å². The maximum absolute atomic E-state index is 12.7. The lowest BCUT2D eigenvalue weighted by Gasteiger charge is -2.39. The molecule has 0 amide bonds. The van der Waals surface area contributed by atoms with E-state index in [1.807, 2.05) is 12.1 Å². The van der Waals surface area contributed by atoms with E-state index in [9.17, 15) is 8.42 Å². The van der Waals surface area contributed by atoms with Crippen molar-refractivity contribution >= 4 is 10.0 Å². The summed E-state index contributed by atoms with van der Waals surface area (Å²) in [7, 11) is 2.54. The second-order valence-corrected chi connectivity index (χ2v) is 11.3. The van der Waals surface area contributed by atoms with E-state index in [2.05, 4.69) is 60.1 Å². The number of nitrogens with zero attached hydrogens (tertiary/aromatic N) is 2. The molecule has 1 aliphatic rings. The Hall–Kier alpha value is -2.71. The molecule has 0 aromatic heterocycles. The van der Waals surface area contributed by atoms with Gasteiger partial charge in [-0.05, 0) is 58.7 Å². The Morgan fingerprint density at radius 1 is 0.882 bits per heavy atom. The number of sulfonamides is 1. The summed E-state index contributed by atoms with van der Waals surface area (Å²) in [4.78, 5) is 2.74. The van der Waals surface area contributed by atoms with Crippen LogP contribution in [0.3, 0.4) is 0 Å². The van der Waals surface area contributed by atoms with Gasteiger partial charge in [0.2, 0.25) is 10.0 Å². The van der Waals surface area contributed by atoms with Crippen molar-refractivity contribution in [3.8, 4) is 16.9 Å². The lowest BCUT2D eigenvalue weighted by atomic mass is 10.0. The number of methoxy groups -OCH3 is 1. The van der Waals surface area contributed by atoms with Gasteiger partial charge in [0.1, 0.15) is 5.75 Å². The molecule has 4 rings (SSSR count). The highest BCUT2D eigenvalue weighted by Crippen LogP contribution is 2.23. The number of ether oxygens (including phenoxy) is 1. The minimum Gasteiger partial charge on any atom is -0.497 e. The van der Waals surface area contributed by atoms with Crippen molar-refractivity contribution in [2.45, 2.75) is 18.0 Å². The fraction of sp³-hybridized carbons (Fsp3) is 0.333. The van der Waals surface area contributed by atoms with Gasteiger partial charge in [-0.15, -0.1) is 0 Å². The summed E-state index contributed by atoms with van der Waals surface area (Å²) in [6.07, 6.45) is 0. The van der Waals surface area contributed by atoms with Gasteiger partial charge in [0.05, 0.1) is 39.2 Å². The molecule has 3 aromatic carbocycles. The van der Waals surface area contributed by atoms with Gasteiger partial charge in [0.15, 0.2) is 0 Å². The van der Waals surface area contributed by atoms with Gasteiger partial charge in [-0.3, -0.25) is 4.90 Å². The molecule has 1 heterocycles. The number of benzene rings is 3. The molecule has 6 nitrogen and oxygen atoms in total. The van der Waals surface area contributed by atoms with Gasteiger partial charge in [-0.1, -0.05) is 36.4 Å². The zero-order chi connectivity index (χ0) is 24.2. The summed E-state index contributed by atoms with van der Waals surface area (Å²) >= 11 is 0. The van der Waals surface area contributed by atoms with Crippen molar-refractivity contribution in [3.05, 3.63) is 83.9 Å². The van der Waals surface area contributed by atoms with Crippen LogP contribution < -0.4 is 9.46 Å². The molecule has 0 spiro atoms. The summed E-state index contributed by atoms with van der Waals surface area (Å²) in [6, 6.07) is 23.1. The van der Waals surface area contributed by atoms with E-state index in [-0.39, 0.29) is 11.4 Å². The lowest BCUT2D eigenvalue weighted by Crippen LogP contribution is -2.54. The minimum atomic E-state index is -3.60. The number of hydrogen-bond acceptors (Lipinski definition) is 4. The molecule has 1 N–H and O–H groups in total. The second kappa shape index (κ2) is 10.3. The van der Waals surface area contributed by atoms with Crippen LogP contribution in [-0.2, 0) is 23.1 Å². The van der Waals surface area contributed by atoms with Crippen molar-refractivity contribution in [1.82, 2.24) is 9.62 Å². The van der Waals surface area contributed by atoms with Crippen LogP contribution in [0.5, 0.6) is 5.75 Å². The summed E-state index contributed by atoms with van der Waals surface area (Å²) in [5.74, 6) is 0.622. The Morgan fingerprint density at radius 2 is 1.47 bits per heavy atom. The van der Waals surface area contributed by atoms with Gasteiger partial charge in [-0.25, -0.2) is 13.1 Å². The van der Waals surface area contributed by atoms with Gasteiger partial charge in [-0.2, -0.15) is 0 Å². The highest BCUT2D eigenvalue weighted by atomic mass is 32.2. The largest absolute Gasteiger partial charge is 0.497 e. The molecule has 0 unspecified atom stereocenters. The molecule has 180 valence electrons. The third-order valence-electron chi connectivity index (χ3n) is 6.47. The Kier molecular flexibility index (Phi) is 7.38. The standard InChI is InChI=1S/C27H34N3O3S/c1-30(2)16-14-29(15-17-30)21-23-7-5-9-25(19-23)24-8-4-6-22(18-24)20-28-34(31,32)27-12-10-26(33-3)11-13-27/h4-13,18-19,28H,14-17,20-21H2,1-3H3/q+1. The Balaban J connectivity index is 1.42. The number of hydrogen-bond donors (Lipinski definition) is 1. The average molecular weight is 481 g/mol. The average Bonchev–Trinajstić information content (AvgIpc) is 2.84. The van der Waals surface area contributed by atoms with Gasteiger partial charge in [0.25, 0.3) is 0 Å². The first-order valence-electron chi connectivity index (χ1n) is 11.6. The van der Waals surface area contributed by atoms with Gasteiger partial charge < -0.3 is 9.22 Å². The molecule has 1 saturated heterocycles. The SMILES string of the molecule is COc1ccc(S(=O)(=O)NCc2cccc(-c3cccc(CN4CC[N+](C)(C)CC4)c3)c2)cc1. The fourth-order valence-corrected chi connectivity index (χ4v) is 5.21. The van der Waals surface area contributed by atoms with Crippen LogP contribution in [0.15, 0.2) is 77.7 Å². The first-order valence-corrected chi connectivity index (χ1v) is 13.1. The van der Waals surface area contributed by atoms with Crippen LogP contribution >= 0.6 is 0 Å². The fourth-order valence-electron chi connectivity index (χ4n) is 4.19. The molecule has 3 aromatic rings. The van der Waals surface area contributed by atoms with Crippen molar-refractivity contribution in [1.29, 1.82) is 0 Å². The predicted molar refractivity (Wildman–Crippen MR) is 136 cm³/mol. The summed E-state index contributed by atoms with van der Waals surface area (Å²) in [5, 5.41) is 0. The third-order valence-corrected chi connectivity index (χ3v) is 7.89. The maximum Gasteiger partial charge on any atom is 0.240 e. The normalized spacial score (nSPS) is 16.3. The van der Waals surface area contributed by atoms with E-state index >= 15 is 0 Å². The van der Waals surface area contributed by atoms with Crippen molar-refractivity contribution < 1.29 is 17.6 Å². The molecule has 34 heavy (non-hydrogen) atoms. The second-order valence-electron chi connectivity index (χ2n) is 9.56. The zero-order valence-corrected chi connectivity index (χ0v) is 21.0. The Bertz CT molecular complexity index is 1210. The molecule has 1 aliphatic heterocycles. The van der Waals surface area contributed by atoms with E-state index in [1.54, 1.807) is 31.4 Å². The molecular weight excluding hydrogens is 446 g/mol. The summed E-state index contributed by atoms with van der Waals surface area (Å²) in [5.41, 5.74) is 4.44. The monoisotopic (exact) mass is 480 g/mol. The number of nitrogens with one attached hydrogen (secondary N) is 1. The van der Waals surface area contributed by atoms with Crippen LogP contribution in [0.1, 0.15) is 11.1 Å². The van der Waals surface area contributed by atoms with E-state index < -0.39 is 10.0 Å². The van der Waals surface area contributed by atoms with E-state index in [0.29, 0.717) is 5.75 Å². The smallest absolute Gasteiger partial charge is 0.240 e. The molecule has 0 atom stereocenters. The quantitative estimate of drug-likeness (QED) is 0.499. The lowest BCUT2D eigenvalue weighted by molar-refractivity contribution is -0.894. The molecule has 7 heteroatoms. The summed E-state index contributed by atoms with van der Waals surface area (Å²) < 4.78 is 34.3. The van der Waals surface area contributed by atoms with Crippen LogP contribution in [0, 0.1) is 0 Å². The summed E-state index contributed by atoms with van der Waals surface area (Å²) in [6.45, 7) is 5.75. The van der Waals surface area contributed by atoms with E-state index in [4.69, 9.17) is 4.74 Å². The number of piperazine rings is 1. The molecule has 0 bridgehead atoms. The minimum absolute atomic E-state index is 0.219. The van der Waals surface area contributed by atoms with Crippen molar-refractivity contribution in [2.75, 3.05) is 47.4 Å². The van der Waals surface area contributed by atoms with Crippen molar-refractivity contribution in [2.24, 2.45) is 0 Å². The number of quaternary nitrogens is 1. The van der Waals surface area contributed by atoms with E-state index in [0.717, 1.165) is 40.8 Å². The van der Waals surface area contributed by atoms with Crippen LogP contribution in [-0.4, -0.2) is 65.2 Å². The third kappa shape index (κ3) is 6.24. The van der Waals surface area contributed by atoms with E-state index in [1.165, 1.54) is 18.7 Å². The maximum atomic E-state index is 12.7.